The maximum Gasteiger partial charge on any atom is 0.251 e. The highest BCUT2D eigenvalue weighted by molar-refractivity contribution is 5.94. The molecule has 0 atom stereocenters. The first kappa shape index (κ1) is 13.1. The number of hydrogen-bond acceptors (Lipinski definition) is 2. The van der Waals surface area contributed by atoms with Crippen LogP contribution in [0.1, 0.15) is 21.5 Å². The fourth-order valence-electron chi connectivity index (χ4n) is 1.67. The van der Waals surface area contributed by atoms with Crippen LogP contribution in [-0.4, -0.2) is 5.91 Å². The average molecular weight is 258 g/mol. The fraction of sp³-hybridized carbons (Fsp3) is 0.133. The van der Waals surface area contributed by atoms with Gasteiger partial charge in [-0.25, -0.2) is 4.39 Å². The van der Waals surface area contributed by atoms with Crippen molar-refractivity contribution in [3.8, 4) is 0 Å². The smallest absolute Gasteiger partial charge is 0.251 e. The zero-order valence-corrected chi connectivity index (χ0v) is 10.6. The van der Waals surface area contributed by atoms with Gasteiger partial charge in [0, 0.05) is 17.8 Å². The van der Waals surface area contributed by atoms with Crippen molar-refractivity contribution in [2.45, 2.75) is 13.5 Å². The molecule has 1 amide bonds. The summed E-state index contributed by atoms with van der Waals surface area (Å²) in [6, 6.07) is 11.6. The van der Waals surface area contributed by atoms with Gasteiger partial charge in [-0.2, -0.15) is 0 Å². The summed E-state index contributed by atoms with van der Waals surface area (Å²) < 4.78 is 13.3. The van der Waals surface area contributed by atoms with Crippen LogP contribution in [0.2, 0.25) is 0 Å². The lowest BCUT2D eigenvalue weighted by Crippen LogP contribution is -2.22. The summed E-state index contributed by atoms with van der Waals surface area (Å²) in [7, 11) is 0. The highest BCUT2D eigenvalue weighted by Gasteiger charge is 2.05. The number of amides is 1. The lowest BCUT2D eigenvalue weighted by atomic mass is 10.1. The van der Waals surface area contributed by atoms with Crippen molar-refractivity contribution in [1.29, 1.82) is 0 Å². The Kier molecular flexibility index (Phi) is 3.80. The van der Waals surface area contributed by atoms with Crippen molar-refractivity contribution in [2.24, 2.45) is 0 Å². The number of anilines is 1. The number of carbonyl (C=O) groups is 1. The molecule has 19 heavy (non-hydrogen) atoms. The molecule has 0 saturated heterocycles. The second-order valence-corrected chi connectivity index (χ2v) is 4.39. The number of nitrogens with two attached hydrogens (primary N) is 1. The SMILES string of the molecule is Cc1ccc(CNC(=O)c2ccc(N)cc2)cc1F. The summed E-state index contributed by atoms with van der Waals surface area (Å²) in [6.07, 6.45) is 0. The minimum atomic E-state index is -0.265. The van der Waals surface area contributed by atoms with E-state index in [2.05, 4.69) is 5.32 Å². The number of carbonyl (C=O) groups excluding carboxylic acids is 1. The number of nitrogens with one attached hydrogen (secondary N) is 1. The Morgan fingerprint density at radius 2 is 1.89 bits per heavy atom. The molecule has 2 rings (SSSR count). The van der Waals surface area contributed by atoms with Crippen LogP contribution in [0, 0.1) is 12.7 Å². The topological polar surface area (TPSA) is 55.1 Å². The van der Waals surface area contributed by atoms with Gasteiger partial charge in [0.05, 0.1) is 0 Å². The van der Waals surface area contributed by atoms with Crippen LogP contribution < -0.4 is 11.1 Å². The number of rotatable bonds is 3. The maximum absolute atomic E-state index is 13.3. The molecule has 3 nitrogen and oxygen atoms in total. The van der Waals surface area contributed by atoms with Gasteiger partial charge in [0.15, 0.2) is 0 Å². The highest BCUT2D eigenvalue weighted by Crippen LogP contribution is 2.10. The first-order chi connectivity index (χ1) is 9.06. The number of nitrogen functional groups attached to an aromatic ring is 1. The van der Waals surface area contributed by atoms with Gasteiger partial charge >= 0.3 is 0 Å². The number of benzene rings is 2. The van der Waals surface area contributed by atoms with Crippen molar-refractivity contribution >= 4 is 11.6 Å². The zero-order chi connectivity index (χ0) is 13.8. The van der Waals surface area contributed by atoms with Gasteiger partial charge in [-0.05, 0) is 48.4 Å². The second kappa shape index (κ2) is 5.52. The molecule has 0 unspecified atom stereocenters. The Hall–Kier alpha value is -2.36. The first-order valence-corrected chi connectivity index (χ1v) is 5.95. The zero-order valence-electron chi connectivity index (χ0n) is 10.6. The van der Waals surface area contributed by atoms with Crippen molar-refractivity contribution in [1.82, 2.24) is 5.32 Å². The molecule has 0 radical (unpaired) electrons. The van der Waals surface area contributed by atoms with E-state index in [0.29, 0.717) is 23.4 Å². The van der Waals surface area contributed by atoms with Crippen molar-refractivity contribution in [3.05, 3.63) is 65.0 Å². The van der Waals surface area contributed by atoms with Gasteiger partial charge in [0.25, 0.3) is 5.91 Å². The minimum Gasteiger partial charge on any atom is -0.399 e. The quantitative estimate of drug-likeness (QED) is 0.831. The van der Waals surface area contributed by atoms with Crippen LogP contribution in [0.5, 0.6) is 0 Å². The summed E-state index contributed by atoms with van der Waals surface area (Å²) in [6.45, 7) is 1.99. The minimum absolute atomic E-state index is 0.207. The summed E-state index contributed by atoms with van der Waals surface area (Å²) in [5, 5.41) is 2.73. The van der Waals surface area contributed by atoms with Crippen LogP contribution in [-0.2, 0) is 6.54 Å². The molecule has 0 bridgehead atoms. The molecule has 0 heterocycles. The van der Waals surface area contributed by atoms with Gasteiger partial charge in [-0.3, -0.25) is 4.79 Å². The van der Waals surface area contributed by atoms with Gasteiger partial charge in [-0.15, -0.1) is 0 Å². The van der Waals surface area contributed by atoms with E-state index in [-0.39, 0.29) is 11.7 Å². The van der Waals surface area contributed by atoms with Crippen LogP contribution in [0.25, 0.3) is 0 Å². The molecule has 0 aliphatic carbocycles. The summed E-state index contributed by atoms with van der Waals surface area (Å²) in [4.78, 5) is 11.8. The van der Waals surface area contributed by atoms with Gasteiger partial charge in [0.1, 0.15) is 5.82 Å². The molecule has 2 aromatic carbocycles. The van der Waals surface area contributed by atoms with E-state index in [9.17, 15) is 9.18 Å². The third kappa shape index (κ3) is 3.31. The van der Waals surface area contributed by atoms with Crippen LogP contribution >= 0.6 is 0 Å². The van der Waals surface area contributed by atoms with E-state index < -0.39 is 0 Å². The molecule has 0 aliphatic heterocycles. The second-order valence-electron chi connectivity index (χ2n) is 4.39. The fourth-order valence-corrected chi connectivity index (χ4v) is 1.67. The largest absolute Gasteiger partial charge is 0.399 e. The summed E-state index contributed by atoms with van der Waals surface area (Å²) in [5.74, 6) is -0.472. The average Bonchev–Trinajstić information content (AvgIpc) is 2.40. The van der Waals surface area contributed by atoms with Gasteiger partial charge < -0.3 is 11.1 Å². The van der Waals surface area contributed by atoms with E-state index in [1.807, 2.05) is 0 Å². The molecular formula is C15H15FN2O. The molecule has 0 saturated carbocycles. The van der Waals surface area contributed by atoms with E-state index in [1.165, 1.54) is 6.07 Å². The normalized spacial score (nSPS) is 10.2. The lowest BCUT2D eigenvalue weighted by Gasteiger charge is -2.06. The van der Waals surface area contributed by atoms with E-state index in [1.54, 1.807) is 43.3 Å². The van der Waals surface area contributed by atoms with Crippen molar-refractivity contribution in [3.63, 3.8) is 0 Å². The summed E-state index contributed by atoms with van der Waals surface area (Å²) >= 11 is 0. The Balaban J connectivity index is 2.00. The molecule has 4 heteroatoms. The van der Waals surface area contributed by atoms with Crippen LogP contribution in [0.3, 0.4) is 0 Å². The monoisotopic (exact) mass is 258 g/mol. The Labute approximate surface area is 111 Å². The third-order valence-corrected chi connectivity index (χ3v) is 2.86. The Morgan fingerprint density at radius 1 is 1.21 bits per heavy atom. The van der Waals surface area contributed by atoms with Gasteiger partial charge in [0.2, 0.25) is 0 Å². The molecule has 3 N–H and O–H groups in total. The van der Waals surface area contributed by atoms with E-state index >= 15 is 0 Å². The molecule has 0 aliphatic rings. The predicted octanol–water partition coefficient (Wildman–Crippen LogP) is 2.65. The third-order valence-electron chi connectivity index (χ3n) is 2.86. The maximum atomic E-state index is 13.3. The molecule has 2 aromatic rings. The van der Waals surface area contributed by atoms with Gasteiger partial charge in [-0.1, -0.05) is 12.1 Å². The Morgan fingerprint density at radius 3 is 2.53 bits per heavy atom. The number of hydrogen-bond donors (Lipinski definition) is 2. The molecule has 98 valence electrons. The molecular weight excluding hydrogens is 243 g/mol. The van der Waals surface area contributed by atoms with E-state index in [0.717, 1.165) is 5.56 Å². The first-order valence-electron chi connectivity index (χ1n) is 5.95. The lowest BCUT2D eigenvalue weighted by molar-refractivity contribution is 0.0951. The van der Waals surface area contributed by atoms with Crippen molar-refractivity contribution in [2.75, 3.05) is 5.73 Å². The summed E-state index contributed by atoms with van der Waals surface area (Å²) in [5.41, 5.74) is 8.01. The number of aryl methyl sites for hydroxylation is 1. The van der Waals surface area contributed by atoms with Crippen molar-refractivity contribution < 1.29 is 9.18 Å². The molecule has 0 spiro atoms. The molecule has 0 aromatic heterocycles. The highest BCUT2D eigenvalue weighted by atomic mass is 19.1. The van der Waals surface area contributed by atoms with Crippen LogP contribution in [0.15, 0.2) is 42.5 Å². The Bertz CT molecular complexity index is 594. The van der Waals surface area contributed by atoms with Crippen LogP contribution in [0.4, 0.5) is 10.1 Å². The predicted molar refractivity (Wildman–Crippen MR) is 73.2 cm³/mol. The standard InChI is InChI=1S/C15H15FN2O/c1-10-2-3-11(8-14(10)16)9-18-15(19)12-4-6-13(17)7-5-12/h2-8H,9,17H2,1H3,(H,18,19). The molecule has 0 fully saturated rings. The van der Waals surface area contributed by atoms with E-state index in [4.69, 9.17) is 5.73 Å². The number of halogens is 1.